The van der Waals surface area contributed by atoms with Crippen molar-refractivity contribution in [2.24, 2.45) is 0 Å². The van der Waals surface area contributed by atoms with E-state index in [1.165, 1.54) is 0 Å². The summed E-state index contributed by atoms with van der Waals surface area (Å²) in [5.41, 5.74) is 0. The SMILES string of the molecule is [In+3].[In+3].[O-]P([O-])O.[O-]P([O-])O.[O-]P([O-])O. The Morgan fingerprint density at radius 1 is 0.500 bits per heavy atom. The quantitative estimate of drug-likeness (QED) is 0.288. The average molecular weight is 470 g/mol. The smallest absolute Gasteiger partial charge is 0.820 e. The molecular weight excluding hydrogens is 467 g/mol. The summed E-state index contributed by atoms with van der Waals surface area (Å²) in [6.45, 7) is 0. The second kappa shape index (κ2) is 24.8. The molecule has 0 amide bonds. The minimum atomic E-state index is -3.12. The van der Waals surface area contributed by atoms with Gasteiger partial charge in [-0.2, -0.15) is 25.8 Å². The van der Waals surface area contributed by atoms with Crippen LogP contribution in [0.1, 0.15) is 0 Å². The second-order valence-corrected chi connectivity index (χ2v) is 2.14. The van der Waals surface area contributed by atoms with E-state index in [0.29, 0.717) is 0 Å². The summed E-state index contributed by atoms with van der Waals surface area (Å²) in [6.07, 6.45) is 0. The Morgan fingerprint density at radius 3 is 0.500 bits per heavy atom. The molecule has 0 heterocycles. The Kier molecular flexibility index (Phi) is 53.2. The summed E-state index contributed by atoms with van der Waals surface area (Å²) in [6, 6.07) is 0. The van der Waals surface area contributed by atoms with Gasteiger partial charge in [0.25, 0.3) is 0 Å². The molecule has 0 rings (SSSR count). The van der Waals surface area contributed by atoms with Crippen molar-refractivity contribution in [3.63, 3.8) is 0 Å². The maximum Gasteiger partial charge on any atom is 3.00 e. The van der Waals surface area contributed by atoms with E-state index in [1.54, 1.807) is 0 Å². The maximum atomic E-state index is 8.59. The molecule has 0 aromatic heterocycles. The molecular formula is H3In2O9P3. The number of hydrogen-bond acceptors (Lipinski definition) is 9. The van der Waals surface area contributed by atoms with Crippen LogP contribution in [0.2, 0.25) is 0 Å². The van der Waals surface area contributed by atoms with Crippen LogP contribution in [0.15, 0.2) is 0 Å². The van der Waals surface area contributed by atoms with Crippen molar-refractivity contribution in [2.75, 3.05) is 0 Å². The van der Waals surface area contributed by atoms with E-state index in [2.05, 4.69) is 0 Å². The normalized spacial score (nSPS) is 7.71. The largest absolute Gasteiger partial charge is 3.00 e. The van der Waals surface area contributed by atoms with Gasteiger partial charge in [-0.15, -0.1) is 0 Å². The van der Waals surface area contributed by atoms with E-state index >= 15 is 0 Å². The molecule has 0 atom stereocenters. The molecule has 0 radical (unpaired) electrons. The molecule has 0 aromatic carbocycles. The summed E-state index contributed by atoms with van der Waals surface area (Å²) in [5, 5.41) is 0. The van der Waals surface area contributed by atoms with Crippen LogP contribution in [0, 0.1) is 0 Å². The van der Waals surface area contributed by atoms with Crippen LogP contribution in [-0.4, -0.2) is 66.4 Å². The van der Waals surface area contributed by atoms with Gasteiger partial charge in [-0.05, 0) is 0 Å². The molecule has 78 valence electrons. The van der Waals surface area contributed by atoms with Crippen molar-refractivity contribution in [2.45, 2.75) is 0 Å². The average Bonchev–Trinajstić information content (AvgIpc) is 1.54. The van der Waals surface area contributed by atoms with Gasteiger partial charge in [-0.1, -0.05) is 0 Å². The van der Waals surface area contributed by atoms with E-state index in [0.717, 1.165) is 0 Å². The first-order chi connectivity index (χ1) is 5.20. The monoisotopic (exact) mass is 470 g/mol. The van der Waals surface area contributed by atoms with E-state index in [4.69, 9.17) is 44.0 Å². The molecule has 0 saturated heterocycles. The summed E-state index contributed by atoms with van der Waals surface area (Å²) in [4.78, 5) is 72.6. The molecule has 0 spiro atoms. The van der Waals surface area contributed by atoms with Gasteiger partial charge in [-0.3, -0.25) is 0 Å². The molecule has 0 aromatic rings. The molecule has 0 aliphatic rings. The van der Waals surface area contributed by atoms with Crippen LogP contribution in [-0.2, 0) is 0 Å². The Hall–Kier alpha value is 2.67. The molecule has 0 fully saturated rings. The number of rotatable bonds is 0. The summed E-state index contributed by atoms with van der Waals surface area (Å²) in [5.74, 6) is 0. The topological polar surface area (TPSA) is 199 Å². The molecule has 14 heteroatoms. The van der Waals surface area contributed by atoms with Crippen molar-refractivity contribution in [1.82, 2.24) is 0 Å². The molecule has 3 N–H and O–H groups in total. The van der Waals surface area contributed by atoms with Crippen LogP contribution in [0.25, 0.3) is 0 Å². The van der Waals surface area contributed by atoms with E-state index in [1.807, 2.05) is 0 Å². The summed E-state index contributed by atoms with van der Waals surface area (Å²) >= 11 is 0. The van der Waals surface area contributed by atoms with Gasteiger partial charge in [0.15, 0.2) is 0 Å². The maximum absolute atomic E-state index is 8.59. The fraction of sp³-hybridized carbons (Fsp3) is 0. The van der Waals surface area contributed by atoms with Gasteiger partial charge in [0.05, 0.1) is 0 Å². The predicted octanol–water partition coefficient (Wildman–Crippen LogP) is -6.98. The number of hydrogen-bond donors (Lipinski definition) is 3. The van der Waals surface area contributed by atoms with E-state index in [9.17, 15) is 0 Å². The van der Waals surface area contributed by atoms with E-state index < -0.39 is 25.8 Å². The van der Waals surface area contributed by atoms with Crippen LogP contribution < -0.4 is 29.4 Å². The van der Waals surface area contributed by atoms with Crippen molar-refractivity contribution < 1.29 is 44.0 Å². The van der Waals surface area contributed by atoms with Gasteiger partial charge in [0.2, 0.25) is 0 Å². The van der Waals surface area contributed by atoms with Crippen LogP contribution in [0.5, 0.6) is 0 Å². The molecule has 0 saturated carbocycles. The van der Waals surface area contributed by atoms with Crippen molar-refractivity contribution in [3.05, 3.63) is 0 Å². The minimum absolute atomic E-state index is 0. The van der Waals surface area contributed by atoms with Crippen LogP contribution >= 0.6 is 25.8 Å². The Balaban J connectivity index is -0.0000000270. The van der Waals surface area contributed by atoms with Crippen molar-refractivity contribution in [3.8, 4) is 0 Å². The van der Waals surface area contributed by atoms with Crippen LogP contribution in [0.4, 0.5) is 0 Å². The molecule has 14 heavy (non-hydrogen) atoms. The molecule has 0 bridgehead atoms. The Bertz CT molecular complexity index is 46.5. The summed E-state index contributed by atoms with van der Waals surface area (Å²) < 4.78 is 0. The first-order valence-corrected chi connectivity index (χ1v) is 5.09. The third-order valence-electron chi connectivity index (χ3n) is 0. The zero-order valence-electron chi connectivity index (χ0n) is 6.29. The zero-order valence-corrected chi connectivity index (χ0v) is 15.6. The Morgan fingerprint density at radius 2 is 0.500 bits per heavy atom. The van der Waals surface area contributed by atoms with Gasteiger partial charge in [0, 0.05) is 0 Å². The first-order valence-electron chi connectivity index (χ1n) is 1.70. The predicted molar refractivity (Wildman–Crippen MR) is 38.9 cm³/mol. The molecule has 0 unspecified atom stereocenters. The summed E-state index contributed by atoms with van der Waals surface area (Å²) in [7, 11) is -9.36. The second-order valence-electron chi connectivity index (χ2n) is 0.714. The first kappa shape index (κ1) is 30.1. The molecule has 0 aliphatic carbocycles. The third-order valence-corrected chi connectivity index (χ3v) is 0. The third kappa shape index (κ3) is 384. The fourth-order valence-corrected chi connectivity index (χ4v) is 0. The van der Waals surface area contributed by atoms with Gasteiger partial charge in [-0.25, -0.2) is 0 Å². The van der Waals surface area contributed by atoms with Gasteiger partial charge in [0.1, 0.15) is 0 Å². The fourth-order valence-electron chi connectivity index (χ4n) is 0. The van der Waals surface area contributed by atoms with Gasteiger partial charge >= 0.3 is 51.7 Å². The van der Waals surface area contributed by atoms with Crippen molar-refractivity contribution >= 4 is 77.5 Å². The minimum Gasteiger partial charge on any atom is -0.820 e. The molecule has 0 aliphatic heterocycles. The standard InChI is InChI=1S/2In.3HO3P/c;;3*1-4(2)3/h;;3*1H/q2*+3;3*-2. The Labute approximate surface area is 121 Å². The van der Waals surface area contributed by atoms with Crippen LogP contribution in [0.3, 0.4) is 0 Å². The van der Waals surface area contributed by atoms with E-state index in [-0.39, 0.29) is 51.7 Å². The van der Waals surface area contributed by atoms with Crippen molar-refractivity contribution in [1.29, 1.82) is 0 Å². The molecule has 9 nitrogen and oxygen atoms in total. The van der Waals surface area contributed by atoms with Gasteiger partial charge < -0.3 is 44.0 Å². The zero-order chi connectivity index (χ0) is 10.7.